The molecule has 0 aliphatic carbocycles. The Bertz CT molecular complexity index is 1510. The zero-order valence-corrected chi connectivity index (χ0v) is 25.7. The van der Waals surface area contributed by atoms with Crippen molar-refractivity contribution in [2.24, 2.45) is 0 Å². The van der Waals surface area contributed by atoms with Gasteiger partial charge in [-0.25, -0.2) is 4.39 Å². The zero-order valence-electron chi connectivity index (χ0n) is 24.7. The second-order valence-electron chi connectivity index (χ2n) is 11.4. The Morgan fingerprint density at radius 3 is 2.05 bits per heavy atom. The Hall–Kier alpha value is -4.10. The highest BCUT2D eigenvalue weighted by Crippen LogP contribution is 2.47. The lowest BCUT2D eigenvalue weighted by Gasteiger charge is -2.37. The van der Waals surface area contributed by atoms with Crippen molar-refractivity contribution in [1.29, 1.82) is 0 Å². The number of hydrogen-bond donors (Lipinski definition) is 0. The van der Waals surface area contributed by atoms with Crippen LogP contribution in [0.4, 0.5) is 4.39 Å². The predicted octanol–water partition coefficient (Wildman–Crippen LogP) is 8.95. The molecule has 0 atom stereocenters. The van der Waals surface area contributed by atoms with Crippen molar-refractivity contribution in [1.82, 2.24) is 0 Å². The van der Waals surface area contributed by atoms with Crippen LogP contribution in [0.15, 0.2) is 78.9 Å². The summed E-state index contributed by atoms with van der Waals surface area (Å²) < 4.78 is 38.2. The van der Waals surface area contributed by atoms with Gasteiger partial charge in [0.15, 0.2) is 12.0 Å². The van der Waals surface area contributed by atoms with E-state index < -0.39 is 8.32 Å². The summed E-state index contributed by atoms with van der Waals surface area (Å²) in [7, 11) is 0.802. The smallest absolute Gasteiger partial charge is 0.250 e. The molecule has 0 aliphatic rings. The first-order chi connectivity index (χ1) is 19.5. The number of carbonyl (C=O) groups is 1. The first-order valence-corrected chi connectivity index (χ1v) is 16.4. The number of methoxy groups -OCH3 is 2. The van der Waals surface area contributed by atoms with Crippen LogP contribution in [-0.4, -0.2) is 28.8 Å². The predicted molar refractivity (Wildman–Crippen MR) is 164 cm³/mol. The minimum atomic E-state index is -2.26. The lowest BCUT2D eigenvalue weighted by Crippen LogP contribution is -2.43. The zero-order chi connectivity index (χ0) is 29.8. The molecule has 0 unspecified atom stereocenters. The minimum absolute atomic E-state index is 0.0502. The number of carbonyl (C=O) groups excluding carboxylic acids is 1. The van der Waals surface area contributed by atoms with Gasteiger partial charge in [0.05, 0.1) is 19.8 Å². The molecule has 0 heterocycles. The number of rotatable bonds is 10. The molecule has 0 spiro atoms. The van der Waals surface area contributed by atoms with Gasteiger partial charge < -0.3 is 18.6 Å². The highest BCUT2D eigenvalue weighted by molar-refractivity contribution is 6.74. The van der Waals surface area contributed by atoms with Crippen LogP contribution >= 0.6 is 0 Å². The van der Waals surface area contributed by atoms with Gasteiger partial charge in [-0.1, -0.05) is 69.3 Å². The summed E-state index contributed by atoms with van der Waals surface area (Å²) in [4.78, 5) is 12.6. The third-order valence-corrected chi connectivity index (χ3v) is 12.0. The highest BCUT2D eigenvalue weighted by atomic mass is 28.4. The first-order valence-electron chi connectivity index (χ1n) is 13.5. The van der Waals surface area contributed by atoms with E-state index in [9.17, 15) is 9.18 Å². The molecule has 41 heavy (non-hydrogen) atoms. The van der Waals surface area contributed by atoms with Crippen molar-refractivity contribution in [2.75, 3.05) is 14.2 Å². The van der Waals surface area contributed by atoms with Crippen molar-refractivity contribution in [3.05, 3.63) is 95.8 Å². The van der Waals surface area contributed by atoms with E-state index in [0.29, 0.717) is 57.4 Å². The van der Waals surface area contributed by atoms with E-state index in [-0.39, 0.29) is 10.9 Å². The van der Waals surface area contributed by atoms with Crippen LogP contribution in [0, 0.1) is 5.82 Å². The molecule has 4 rings (SSSR count). The summed E-state index contributed by atoms with van der Waals surface area (Å²) in [6.07, 6.45) is 0.762. The Morgan fingerprint density at radius 1 is 0.805 bits per heavy atom. The molecule has 7 heteroatoms. The van der Waals surface area contributed by atoms with Crippen molar-refractivity contribution >= 4 is 14.6 Å². The van der Waals surface area contributed by atoms with Gasteiger partial charge in [-0.3, -0.25) is 4.79 Å². The van der Waals surface area contributed by atoms with Crippen molar-refractivity contribution in [3.8, 4) is 45.3 Å². The highest BCUT2D eigenvalue weighted by Gasteiger charge is 2.39. The van der Waals surface area contributed by atoms with Gasteiger partial charge in [0, 0.05) is 11.1 Å². The normalized spacial score (nSPS) is 11.6. The quantitative estimate of drug-likeness (QED) is 0.140. The van der Waals surface area contributed by atoms with E-state index in [1.807, 2.05) is 54.6 Å². The van der Waals surface area contributed by atoms with Gasteiger partial charge in [0.1, 0.15) is 29.7 Å². The monoisotopic (exact) mass is 572 g/mol. The molecule has 0 N–H and O–H groups in total. The Kier molecular flexibility index (Phi) is 8.88. The van der Waals surface area contributed by atoms with Crippen LogP contribution in [0.5, 0.6) is 23.0 Å². The van der Waals surface area contributed by atoms with E-state index in [4.69, 9.17) is 18.6 Å². The molecule has 0 amide bonds. The molecule has 0 aromatic heterocycles. The van der Waals surface area contributed by atoms with E-state index in [0.717, 1.165) is 11.8 Å². The third kappa shape index (κ3) is 6.46. The number of ether oxygens (including phenoxy) is 3. The summed E-state index contributed by atoms with van der Waals surface area (Å²) in [5, 5.41) is -0.0502. The van der Waals surface area contributed by atoms with Gasteiger partial charge in [-0.15, -0.1) is 0 Å². The lowest BCUT2D eigenvalue weighted by atomic mass is 9.92. The maximum absolute atomic E-state index is 13.6. The topological polar surface area (TPSA) is 54.0 Å². The molecule has 0 aliphatic heterocycles. The summed E-state index contributed by atoms with van der Waals surface area (Å²) in [6, 6.07) is 23.4. The standard InChI is InChI=1S/C34H37FO5Si/c1-34(2,3)41(6,7)40-30-19-25(15-18-29(30)39-22-23-11-9-8-10-12-23)32-28(21-36)33(38-5)27(20-31(32)37-4)24-13-16-26(35)17-14-24/h8-21H,22H2,1-7H3. The number of hydrogen-bond acceptors (Lipinski definition) is 5. The molecule has 0 saturated carbocycles. The maximum atomic E-state index is 13.6. The molecular weight excluding hydrogens is 535 g/mol. The van der Waals surface area contributed by atoms with Crippen molar-refractivity contribution in [2.45, 2.75) is 45.5 Å². The van der Waals surface area contributed by atoms with Gasteiger partial charge in [0.2, 0.25) is 0 Å². The Labute approximate surface area is 243 Å². The summed E-state index contributed by atoms with van der Waals surface area (Å²) in [6.45, 7) is 11.3. The maximum Gasteiger partial charge on any atom is 0.250 e. The van der Waals surface area contributed by atoms with Crippen molar-refractivity contribution < 1.29 is 27.8 Å². The lowest BCUT2D eigenvalue weighted by molar-refractivity contribution is 0.112. The van der Waals surface area contributed by atoms with E-state index in [2.05, 4.69) is 33.9 Å². The van der Waals surface area contributed by atoms with Gasteiger partial charge in [-0.05, 0) is 65.2 Å². The molecule has 214 valence electrons. The molecule has 4 aromatic rings. The van der Waals surface area contributed by atoms with Crippen molar-refractivity contribution in [3.63, 3.8) is 0 Å². The average Bonchev–Trinajstić information content (AvgIpc) is 2.95. The van der Waals surface area contributed by atoms with Gasteiger partial charge >= 0.3 is 0 Å². The number of halogens is 1. The second kappa shape index (κ2) is 12.2. The number of aldehydes is 1. The van der Waals surface area contributed by atoms with E-state index >= 15 is 0 Å². The van der Waals surface area contributed by atoms with E-state index in [1.165, 1.54) is 19.2 Å². The van der Waals surface area contributed by atoms with E-state index in [1.54, 1.807) is 19.2 Å². The fraction of sp³-hybridized carbons (Fsp3) is 0.265. The Morgan fingerprint density at radius 2 is 1.46 bits per heavy atom. The van der Waals surface area contributed by atoms with Crippen LogP contribution in [0.25, 0.3) is 22.3 Å². The molecular formula is C34H37FO5Si. The molecule has 0 radical (unpaired) electrons. The first kappa shape index (κ1) is 29.9. The largest absolute Gasteiger partial charge is 0.541 e. The van der Waals surface area contributed by atoms with Crippen LogP contribution in [-0.2, 0) is 6.61 Å². The van der Waals surface area contributed by atoms with Gasteiger partial charge in [0.25, 0.3) is 8.32 Å². The fourth-order valence-electron chi connectivity index (χ4n) is 4.32. The Balaban J connectivity index is 1.88. The van der Waals surface area contributed by atoms with Crippen LogP contribution in [0.3, 0.4) is 0 Å². The summed E-state index contributed by atoms with van der Waals surface area (Å²) in [5.74, 6) is 1.72. The third-order valence-electron chi connectivity index (χ3n) is 7.62. The second-order valence-corrected chi connectivity index (χ2v) is 16.1. The van der Waals surface area contributed by atoms with Crippen LogP contribution in [0.1, 0.15) is 36.7 Å². The summed E-state index contributed by atoms with van der Waals surface area (Å²) >= 11 is 0. The minimum Gasteiger partial charge on any atom is -0.541 e. The fourth-order valence-corrected chi connectivity index (χ4v) is 5.34. The molecule has 0 saturated heterocycles. The molecule has 0 bridgehead atoms. The molecule has 4 aromatic carbocycles. The van der Waals surface area contributed by atoms with Gasteiger partial charge in [-0.2, -0.15) is 0 Å². The van der Waals surface area contributed by atoms with Crippen LogP contribution < -0.4 is 18.6 Å². The summed E-state index contributed by atoms with van der Waals surface area (Å²) in [5.41, 5.74) is 3.97. The molecule has 5 nitrogen and oxygen atoms in total. The SMILES string of the molecule is COc1cc(-c2ccc(F)cc2)c(OC)c(C=O)c1-c1ccc(OCc2ccccc2)c(O[Si](C)(C)C(C)(C)C)c1. The van der Waals surface area contributed by atoms with Crippen LogP contribution in [0.2, 0.25) is 18.1 Å². The molecule has 0 fully saturated rings. The number of benzene rings is 4. The average molecular weight is 573 g/mol.